The van der Waals surface area contributed by atoms with Crippen molar-refractivity contribution in [2.45, 2.75) is 19.9 Å². The van der Waals surface area contributed by atoms with Gasteiger partial charge in [0.2, 0.25) is 0 Å². The summed E-state index contributed by atoms with van der Waals surface area (Å²) in [6.45, 7) is 3.77. The van der Waals surface area contributed by atoms with Crippen molar-refractivity contribution in [3.05, 3.63) is 54.1 Å². The van der Waals surface area contributed by atoms with Crippen LogP contribution in [0.15, 0.2) is 42.7 Å². The van der Waals surface area contributed by atoms with Crippen molar-refractivity contribution in [1.29, 1.82) is 0 Å². The Morgan fingerprint density at radius 2 is 2.21 bits per heavy atom. The Balaban J connectivity index is 2.11. The molecule has 0 bridgehead atoms. The molecule has 4 heteroatoms. The van der Waals surface area contributed by atoms with Crippen molar-refractivity contribution in [2.75, 3.05) is 6.54 Å². The van der Waals surface area contributed by atoms with Gasteiger partial charge in [0.05, 0.1) is 6.20 Å². The van der Waals surface area contributed by atoms with E-state index in [4.69, 9.17) is 4.74 Å². The highest BCUT2D eigenvalue weighted by molar-refractivity contribution is 5.35. The van der Waals surface area contributed by atoms with Crippen molar-refractivity contribution in [2.24, 2.45) is 0 Å². The van der Waals surface area contributed by atoms with Crippen LogP contribution >= 0.6 is 0 Å². The molecular weight excluding hydrogens is 243 g/mol. The van der Waals surface area contributed by atoms with Crippen LogP contribution in [0.25, 0.3) is 0 Å². The molecule has 0 aliphatic heterocycles. The number of aromatic nitrogens is 1. The van der Waals surface area contributed by atoms with Gasteiger partial charge in [-0.15, -0.1) is 0 Å². The lowest BCUT2D eigenvalue weighted by molar-refractivity contribution is 0.465. The van der Waals surface area contributed by atoms with E-state index in [2.05, 4.69) is 17.2 Å². The quantitative estimate of drug-likeness (QED) is 0.807. The van der Waals surface area contributed by atoms with Crippen LogP contribution in [0, 0.1) is 5.82 Å². The molecule has 2 aromatic rings. The van der Waals surface area contributed by atoms with Crippen LogP contribution in [0.3, 0.4) is 0 Å². The van der Waals surface area contributed by atoms with Gasteiger partial charge in [0.15, 0.2) is 0 Å². The largest absolute Gasteiger partial charge is 0.455 e. The predicted octanol–water partition coefficient (Wildman–Crippen LogP) is 3.51. The second-order valence-electron chi connectivity index (χ2n) is 4.22. The van der Waals surface area contributed by atoms with E-state index in [1.54, 1.807) is 24.5 Å². The third-order valence-corrected chi connectivity index (χ3v) is 2.64. The minimum atomic E-state index is -0.313. The Hall–Kier alpha value is -1.94. The fourth-order valence-electron chi connectivity index (χ4n) is 1.70. The molecule has 2 rings (SSSR count). The fourth-order valence-corrected chi connectivity index (χ4v) is 1.70. The zero-order valence-corrected chi connectivity index (χ0v) is 10.9. The van der Waals surface area contributed by atoms with E-state index in [0.29, 0.717) is 18.0 Å². The van der Waals surface area contributed by atoms with Crippen LogP contribution in [0.2, 0.25) is 0 Å². The summed E-state index contributed by atoms with van der Waals surface area (Å²) in [4.78, 5) is 4.05. The van der Waals surface area contributed by atoms with Crippen LogP contribution in [-0.2, 0) is 6.54 Å². The maximum atomic E-state index is 13.1. The molecule has 1 heterocycles. The molecule has 3 nitrogen and oxygen atoms in total. The van der Waals surface area contributed by atoms with Crippen molar-refractivity contribution in [1.82, 2.24) is 10.3 Å². The molecular formula is C15H17FN2O. The number of hydrogen-bond acceptors (Lipinski definition) is 3. The lowest BCUT2D eigenvalue weighted by atomic mass is 10.2. The van der Waals surface area contributed by atoms with Gasteiger partial charge in [0.1, 0.15) is 17.3 Å². The van der Waals surface area contributed by atoms with Gasteiger partial charge in [-0.1, -0.05) is 13.0 Å². The number of ether oxygens (including phenoxy) is 1. The maximum Gasteiger partial charge on any atom is 0.150 e. The van der Waals surface area contributed by atoms with E-state index in [1.807, 2.05) is 6.07 Å². The molecule has 1 aromatic carbocycles. The molecule has 0 fully saturated rings. The van der Waals surface area contributed by atoms with Gasteiger partial charge in [0, 0.05) is 24.4 Å². The second-order valence-corrected chi connectivity index (χ2v) is 4.22. The third-order valence-electron chi connectivity index (χ3n) is 2.64. The van der Waals surface area contributed by atoms with E-state index in [1.165, 1.54) is 12.1 Å². The summed E-state index contributed by atoms with van der Waals surface area (Å²) >= 11 is 0. The van der Waals surface area contributed by atoms with E-state index >= 15 is 0 Å². The summed E-state index contributed by atoms with van der Waals surface area (Å²) in [5, 5.41) is 3.31. The normalized spacial score (nSPS) is 10.4. The lowest BCUT2D eigenvalue weighted by Crippen LogP contribution is -2.14. The molecule has 0 saturated heterocycles. The van der Waals surface area contributed by atoms with Crippen molar-refractivity contribution < 1.29 is 9.13 Å². The molecule has 0 saturated carbocycles. The average Bonchev–Trinajstić information content (AvgIpc) is 2.41. The van der Waals surface area contributed by atoms with E-state index in [0.717, 1.165) is 18.5 Å². The molecule has 1 aromatic heterocycles. The monoisotopic (exact) mass is 260 g/mol. The molecule has 0 atom stereocenters. The van der Waals surface area contributed by atoms with Gasteiger partial charge >= 0.3 is 0 Å². The van der Waals surface area contributed by atoms with Gasteiger partial charge in [-0.2, -0.15) is 0 Å². The van der Waals surface area contributed by atoms with Gasteiger partial charge in [0.25, 0.3) is 0 Å². The van der Waals surface area contributed by atoms with Crippen LogP contribution in [-0.4, -0.2) is 11.5 Å². The lowest BCUT2D eigenvalue weighted by Gasteiger charge is -2.11. The maximum absolute atomic E-state index is 13.1. The second kappa shape index (κ2) is 6.85. The Morgan fingerprint density at radius 3 is 3.00 bits per heavy atom. The minimum Gasteiger partial charge on any atom is -0.455 e. The summed E-state index contributed by atoms with van der Waals surface area (Å²) in [5.74, 6) is 0.813. The molecule has 0 spiro atoms. The van der Waals surface area contributed by atoms with Gasteiger partial charge < -0.3 is 10.1 Å². The molecule has 0 radical (unpaired) electrons. The number of nitrogens with zero attached hydrogens (tertiary/aromatic N) is 1. The molecule has 0 unspecified atom stereocenters. The number of halogens is 1. The standard InChI is InChI=1S/C15H17FN2O/c1-2-7-17-10-12-6-8-18-11-15(12)19-14-5-3-4-13(16)9-14/h3-6,8-9,11,17H,2,7,10H2,1H3. The van der Waals surface area contributed by atoms with Crippen LogP contribution in [0.1, 0.15) is 18.9 Å². The van der Waals surface area contributed by atoms with E-state index in [9.17, 15) is 4.39 Å². The van der Waals surface area contributed by atoms with Gasteiger partial charge in [-0.25, -0.2) is 4.39 Å². The zero-order chi connectivity index (χ0) is 13.5. The zero-order valence-electron chi connectivity index (χ0n) is 10.9. The van der Waals surface area contributed by atoms with E-state index < -0.39 is 0 Å². The number of benzene rings is 1. The highest BCUT2D eigenvalue weighted by Crippen LogP contribution is 2.24. The van der Waals surface area contributed by atoms with Crippen molar-refractivity contribution >= 4 is 0 Å². The first-order chi connectivity index (χ1) is 9.29. The average molecular weight is 260 g/mol. The molecule has 0 aliphatic carbocycles. The highest BCUT2D eigenvalue weighted by Gasteiger charge is 2.05. The smallest absolute Gasteiger partial charge is 0.150 e. The topological polar surface area (TPSA) is 34.2 Å². The Bertz CT molecular complexity index is 531. The first kappa shape index (κ1) is 13.5. The predicted molar refractivity (Wildman–Crippen MR) is 72.7 cm³/mol. The van der Waals surface area contributed by atoms with Crippen LogP contribution in [0.5, 0.6) is 11.5 Å². The summed E-state index contributed by atoms with van der Waals surface area (Å²) < 4.78 is 18.8. The number of nitrogens with one attached hydrogen (secondary N) is 1. The van der Waals surface area contributed by atoms with Gasteiger partial charge in [-0.3, -0.25) is 4.98 Å². The molecule has 19 heavy (non-hydrogen) atoms. The number of hydrogen-bond donors (Lipinski definition) is 1. The molecule has 1 N–H and O–H groups in total. The first-order valence-electron chi connectivity index (χ1n) is 6.36. The van der Waals surface area contributed by atoms with E-state index in [-0.39, 0.29) is 5.82 Å². The number of rotatable bonds is 6. The fraction of sp³-hybridized carbons (Fsp3) is 0.267. The van der Waals surface area contributed by atoms with Crippen LogP contribution in [0.4, 0.5) is 4.39 Å². The molecule has 0 amide bonds. The van der Waals surface area contributed by atoms with Crippen molar-refractivity contribution in [3.63, 3.8) is 0 Å². The third kappa shape index (κ3) is 4.03. The highest BCUT2D eigenvalue weighted by atomic mass is 19.1. The minimum absolute atomic E-state index is 0.313. The SMILES string of the molecule is CCCNCc1ccncc1Oc1cccc(F)c1. The van der Waals surface area contributed by atoms with Gasteiger partial charge in [-0.05, 0) is 31.2 Å². The summed E-state index contributed by atoms with van der Waals surface area (Å²) in [5.41, 5.74) is 1.01. The Morgan fingerprint density at radius 1 is 1.32 bits per heavy atom. The Kier molecular flexibility index (Phi) is 4.86. The van der Waals surface area contributed by atoms with Crippen LogP contribution < -0.4 is 10.1 Å². The first-order valence-corrected chi connectivity index (χ1v) is 6.36. The molecule has 100 valence electrons. The molecule has 0 aliphatic rings. The number of pyridine rings is 1. The summed E-state index contributed by atoms with van der Waals surface area (Å²) in [6, 6.07) is 7.99. The van der Waals surface area contributed by atoms with Crippen molar-refractivity contribution in [3.8, 4) is 11.5 Å². The Labute approximate surface area is 112 Å². The summed E-state index contributed by atoms with van der Waals surface area (Å²) in [7, 11) is 0. The summed E-state index contributed by atoms with van der Waals surface area (Å²) in [6.07, 6.45) is 4.44.